The maximum absolute atomic E-state index is 12.9. The van der Waals surface area contributed by atoms with Gasteiger partial charge in [-0.3, -0.25) is 14.4 Å². The zero-order chi connectivity index (χ0) is 51.4. The Hall–Kier alpha value is -4.97. The number of rotatable bonds is 48. The van der Waals surface area contributed by atoms with Crippen LogP contribution in [0, 0.1) is 0 Å². The summed E-state index contributed by atoms with van der Waals surface area (Å²) in [5.74, 6) is -1.02. The van der Waals surface area contributed by atoms with Gasteiger partial charge in [0.2, 0.25) is 0 Å². The summed E-state index contributed by atoms with van der Waals surface area (Å²) in [6.45, 7) is 6.28. The smallest absolute Gasteiger partial charge is 0.306 e. The zero-order valence-corrected chi connectivity index (χ0v) is 45.2. The molecule has 0 saturated heterocycles. The normalized spacial score (nSPS) is 13.3. The van der Waals surface area contributed by atoms with Crippen LogP contribution in [0.2, 0.25) is 0 Å². The second kappa shape index (κ2) is 57.6. The van der Waals surface area contributed by atoms with Crippen molar-refractivity contribution in [2.24, 2.45) is 0 Å². The first-order chi connectivity index (χ1) is 35.0. The molecule has 0 aromatic rings. The summed E-state index contributed by atoms with van der Waals surface area (Å²) in [7, 11) is 0. The van der Waals surface area contributed by atoms with E-state index in [-0.39, 0.29) is 44.0 Å². The van der Waals surface area contributed by atoms with E-state index >= 15 is 0 Å². The molecule has 0 amide bonds. The molecule has 6 nitrogen and oxygen atoms in total. The van der Waals surface area contributed by atoms with E-state index in [4.69, 9.17) is 14.2 Å². The summed E-state index contributed by atoms with van der Waals surface area (Å²) >= 11 is 0. The molecular formula is C65H100O6. The van der Waals surface area contributed by atoms with Crippen LogP contribution in [0.5, 0.6) is 0 Å². The lowest BCUT2D eigenvalue weighted by Crippen LogP contribution is -2.30. The third-order valence-corrected chi connectivity index (χ3v) is 11.2. The van der Waals surface area contributed by atoms with Crippen molar-refractivity contribution >= 4 is 17.9 Å². The van der Waals surface area contributed by atoms with Gasteiger partial charge in [0.1, 0.15) is 13.2 Å². The zero-order valence-electron chi connectivity index (χ0n) is 45.2. The van der Waals surface area contributed by atoms with Crippen LogP contribution in [0.25, 0.3) is 0 Å². The fourth-order valence-electron chi connectivity index (χ4n) is 7.05. The Morgan fingerprint density at radius 1 is 0.310 bits per heavy atom. The summed E-state index contributed by atoms with van der Waals surface area (Å²) in [6, 6.07) is 0. The van der Waals surface area contributed by atoms with Crippen LogP contribution in [0.15, 0.2) is 158 Å². The Balaban J connectivity index is 4.61. The molecule has 396 valence electrons. The Labute approximate surface area is 435 Å². The highest BCUT2D eigenvalue weighted by Crippen LogP contribution is 2.13. The van der Waals surface area contributed by atoms with E-state index in [1.165, 1.54) is 44.9 Å². The van der Waals surface area contributed by atoms with Gasteiger partial charge in [0, 0.05) is 19.3 Å². The summed E-state index contributed by atoms with van der Waals surface area (Å²) in [5, 5.41) is 0. The van der Waals surface area contributed by atoms with Gasteiger partial charge in [-0.1, -0.05) is 249 Å². The van der Waals surface area contributed by atoms with E-state index in [0.29, 0.717) is 12.8 Å². The van der Waals surface area contributed by atoms with Gasteiger partial charge in [-0.05, 0) is 103 Å². The predicted octanol–water partition coefficient (Wildman–Crippen LogP) is 19.0. The third-order valence-electron chi connectivity index (χ3n) is 11.2. The van der Waals surface area contributed by atoms with Crippen molar-refractivity contribution < 1.29 is 28.6 Å². The highest BCUT2D eigenvalue weighted by Gasteiger charge is 2.19. The van der Waals surface area contributed by atoms with Gasteiger partial charge in [-0.15, -0.1) is 0 Å². The van der Waals surface area contributed by atoms with Crippen LogP contribution >= 0.6 is 0 Å². The lowest BCUT2D eigenvalue weighted by molar-refractivity contribution is -0.167. The van der Waals surface area contributed by atoms with Gasteiger partial charge in [-0.2, -0.15) is 0 Å². The van der Waals surface area contributed by atoms with Crippen LogP contribution in [0.4, 0.5) is 0 Å². The molecule has 0 N–H and O–H groups in total. The number of ether oxygens (including phenoxy) is 3. The molecule has 0 bridgehead atoms. The summed E-state index contributed by atoms with van der Waals surface area (Å²) in [4.78, 5) is 38.2. The molecule has 71 heavy (non-hydrogen) atoms. The van der Waals surface area contributed by atoms with Gasteiger partial charge in [0.25, 0.3) is 0 Å². The quantitative estimate of drug-likeness (QED) is 0.0199. The average Bonchev–Trinajstić information content (AvgIpc) is 3.37. The Bertz CT molecular complexity index is 1640. The van der Waals surface area contributed by atoms with Crippen molar-refractivity contribution in [2.75, 3.05) is 13.2 Å². The second-order valence-corrected chi connectivity index (χ2v) is 17.9. The van der Waals surface area contributed by atoms with Gasteiger partial charge in [-0.25, -0.2) is 0 Å². The molecular weight excluding hydrogens is 877 g/mol. The molecule has 0 spiro atoms. The standard InChI is InChI=1S/C65H100O6/c1-4-7-10-13-16-19-22-25-28-31-33-35-37-40-43-46-49-52-55-58-64(67)70-61-62(60-69-63(66)57-54-51-48-45-42-39-36-30-27-24-21-18-15-12-9-6-3)71-65(68)59-56-53-50-47-44-41-38-34-32-29-26-23-20-17-14-11-8-5-2/h7,9-10,12-13,16,18-19,21-22,25,27-35,37-40,42-43,62H,4-6,8,11,14-15,17,20,23-24,26,36,41,44-61H2,1-3H3/b10-7-,12-9-,16-13-,21-18-,22-19-,28-25-,30-27-,32-29-,33-31+,37-35-,38-34-,42-39-,43-40-. The van der Waals surface area contributed by atoms with Crippen molar-refractivity contribution in [1.82, 2.24) is 0 Å². The monoisotopic (exact) mass is 977 g/mol. The molecule has 0 aliphatic rings. The molecule has 0 radical (unpaired) electrons. The molecule has 0 aliphatic carbocycles. The van der Waals surface area contributed by atoms with Gasteiger partial charge >= 0.3 is 17.9 Å². The SMILES string of the molecule is CC\C=C/C=C\C=C/C=C\C=C\C=C/C=C\CCCCCC(=O)OCC(COC(=O)CCCCC/C=C\C/C=C\C/C=C\C/C=C\CC)OC(=O)CCCCCCC/C=C\C=C/CCCCCCCCC. The number of carbonyl (C=O) groups is 3. The Kier molecular flexibility index (Phi) is 53.6. The minimum absolute atomic E-state index is 0.124. The van der Waals surface area contributed by atoms with Crippen molar-refractivity contribution in [3.8, 4) is 0 Å². The molecule has 0 saturated carbocycles. The molecule has 6 heteroatoms. The van der Waals surface area contributed by atoms with Crippen molar-refractivity contribution in [2.45, 2.75) is 219 Å². The highest BCUT2D eigenvalue weighted by atomic mass is 16.6. The maximum atomic E-state index is 12.9. The fourth-order valence-corrected chi connectivity index (χ4v) is 7.05. The number of hydrogen-bond acceptors (Lipinski definition) is 6. The van der Waals surface area contributed by atoms with E-state index < -0.39 is 6.10 Å². The molecule has 0 fully saturated rings. The number of esters is 3. The lowest BCUT2D eigenvalue weighted by atomic mass is 10.1. The molecule has 1 atom stereocenters. The number of unbranched alkanes of at least 4 members (excludes halogenated alkanes) is 18. The number of hydrogen-bond donors (Lipinski definition) is 0. The topological polar surface area (TPSA) is 78.9 Å². The fraction of sp³-hybridized carbons (Fsp3) is 0.554. The van der Waals surface area contributed by atoms with Gasteiger partial charge < -0.3 is 14.2 Å². The molecule has 0 rings (SSSR count). The molecule has 0 heterocycles. The van der Waals surface area contributed by atoms with E-state index in [9.17, 15) is 14.4 Å². The number of carbonyl (C=O) groups excluding carboxylic acids is 3. The van der Waals surface area contributed by atoms with Crippen molar-refractivity contribution in [3.05, 3.63) is 158 Å². The number of allylic oxidation sites excluding steroid dienone is 26. The van der Waals surface area contributed by atoms with Crippen LogP contribution in [0.3, 0.4) is 0 Å². The van der Waals surface area contributed by atoms with Crippen LogP contribution < -0.4 is 0 Å². The largest absolute Gasteiger partial charge is 0.462 e. The first-order valence-corrected chi connectivity index (χ1v) is 28.1. The van der Waals surface area contributed by atoms with Crippen LogP contribution in [0.1, 0.15) is 213 Å². The predicted molar refractivity (Wildman–Crippen MR) is 306 cm³/mol. The van der Waals surface area contributed by atoms with Crippen molar-refractivity contribution in [1.29, 1.82) is 0 Å². The van der Waals surface area contributed by atoms with Crippen molar-refractivity contribution in [3.63, 3.8) is 0 Å². The minimum atomic E-state index is -0.828. The molecule has 0 aliphatic heterocycles. The summed E-state index contributed by atoms with van der Waals surface area (Å²) < 4.78 is 16.8. The molecule has 0 aromatic carbocycles. The van der Waals surface area contributed by atoms with E-state index in [1.54, 1.807) is 0 Å². The van der Waals surface area contributed by atoms with E-state index in [1.807, 2.05) is 72.9 Å². The lowest BCUT2D eigenvalue weighted by Gasteiger charge is -2.18. The first kappa shape index (κ1) is 66.0. The van der Waals surface area contributed by atoms with Gasteiger partial charge in [0.05, 0.1) is 0 Å². The molecule has 0 aromatic heterocycles. The summed E-state index contributed by atoms with van der Waals surface area (Å²) in [6.07, 6.45) is 83.6. The summed E-state index contributed by atoms with van der Waals surface area (Å²) in [5.41, 5.74) is 0. The third kappa shape index (κ3) is 55.8. The van der Waals surface area contributed by atoms with Crippen LogP contribution in [-0.4, -0.2) is 37.2 Å². The first-order valence-electron chi connectivity index (χ1n) is 28.1. The molecule has 1 unspecified atom stereocenters. The Morgan fingerprint density at radius 3 is 1.06 bits per heavy atom. The van der Waals surface area contributed by atoms with E-state index in [0.717, 1.165) is 122 Å². The van der Waals surface area contributed by atoms with E-state index in [2.05, 4.69) is 106 Å². The van der Waals surface area contributed by atoms with Gasteiger partial charge in [0.15, 0.2) is 6.10 Å². The van der Waals surface area contributed by atoms with Crippen LogP contribution in [-0.2, 0) is 28.6 Å². The highest BCUT2D eigenvalue weighted by molar-refractivity contribution is 5.71. The average molecular weight is 978 g/mol. The maximum Gasteiger partial charge on any atom is 0.306 e. The Morgan fingerprint density at radius 2 is 0.620 bits per heavy atom. The minimum Gasteiger partial charge on any atom is -0.462 e. The second-order valence-electron chi connectivity index (χ2n) is 17.9.